The van der Waals surface area contributed by atoms with Crippen molar-refractivity contribution in [3.05, 3.63) is 126 Å². The van der Waals surface area contributed by atoms with Crippen molar-refractivity contribution in [2.24, 2.45) is 5.92 Å². The van der Waals surface area contributed by atoms with Crippen molar-refractivity contribution in [3.63, 3.8) is 0 Å². The molecule has 2 aliphatic rings. The van der Waals surface area contributed by atoms with E-state index in [0.29, 0.717) is 24.0 Å². The zero-order chi connectivity index (χ0) is 32.5. The molecule has 6 N–H and O–H groups in total. The Morgan fingerprint density at radius 3 is 2.13 bits per heavy atom. The maximum atomic E-state index is 13.4. The van der Waals surface area contributed by atoms with Crippen LogP contribution in [0.5, 0.6) is 0 Å². The molecule has 2 fully saturated rings. The third-order valence-electron chi connectivity index (χ3n) is 9.00. The molecular formula is C36H36FNO8. The number of halogens is 1. The molecule has 1 amide bonds. The van der Waals surface area contributed by atoms with Gasteiger partial charge in [-0.3, -0.25) is 4.79 Å². The minimum absolute atomic E-state index is 0.0388. The second-order valence-corrected chi connectivity index (χ2v) is 11.9. The van der Waals surface area contributed by atoms with E-state index in [9.17, 15) is 39.8 Å². The summed E-state index contributed by atoms with van der Waals surface area (Å²) in [6.45, 7) is 0. The number of hydrogen-bond donors (Lipinski definition) is 6. The Morgan fingerprint density at radius 1 is 0.739 bits per heavy atom. The number of ether oxygens (including phenoxy) is 1. The molecule has 0 bridgehead atoms. The molecule has 2 saturated heterocycles. The van der Waals surface area contributed by atoms with Crippen molar-refractivity contribution >= 4 is 11.6 Å². The van der Waals surface area contributed by atoms with E-state index in [-0.39, 0.29) is 23.7 Å². The van der Waals surface area contributed by atoms with E-state index in [0.717, 1.165) is 22.4 Å². The van der Waals surface area contributed by atoms with Gasteiger partial charge in [0.15, 0.2) is 6.29 Å². The van der Waals surface area contributed by atoms with Gasteiger partial charge >= 0.3 is 0 Å². The van der Waals surface area contributed by atoms with Gasteiger partial charge in [0, 0.05) is 5.69 Å². The Labute approximate surface area is 265 Å². The molecule has 10 heteroatoms. The number of anilines is 1. The predicted molar refractivity (Wildman–Crippen MR) is 166 cm³/mol. The summed E-state index contributed by atoms with van der Waals surface area (Å²) >= 11 is 0. The third kappa shape index (κ3) is 6.21. The van der Waals surface area contributed by atoms with Crippen LogP contribution < -0.4 is 4.90 Å². The first kappa shape index (κ1) is 32.0. The van der Waals surface area contributed by atoms with Crippen LogP contribution in [0.1, 0.15) is 47.8 Å². The molecule has 9 nitrogen and oxygen atoms in total. The van der Waals surface area contributed by atoms with Crippen LogP contribution in [0.25, 0.3) is 11.1 Å². The first-order chi connectivity index (χ1) is 22.1. The Bertz CT molecular complexity index is 1640. The number of para-hydroxylation sites is 1. The molecule has 0 radical (unpaired) electrons. The number of aliphatic hydroxyl groups is 6. The van der Waals surface area contributed by atoms with Crippen LogP contribution >= 0.6 is 0 Å². The Hall–Kier alpha value is -4.00. The summed E-state index contributed by atoms with van der Waals surface area (Å²) < 4.78 is 18.6. The fraction of sp³-hybridized carbons (Fsp3) is 0.306. The number of rotatable bonds is 9. The first-order valence-corrected chi connectivity index (χ1v) is 15.2. The molecule has 9 atom stereocenters. The Balaban J connectivity index is 1.21. The fourth-order valence-corrected chi connectivity index (χ4v) is 6.39. The minimum atomic E-state index is -1.77. The number of benzene rings is 4. The van der Waals surface area contributed by atoms with E-state index in [4.69, 9.17) is 4.74 Å². The average Bonchev–Trinajstić information content (AvgIpc) is 3.08. The average molecular weight is 630 g/mol. The van der Waals surface area contributed by atoms with Crippen LogP contribution in [-0.4, -0.2) is 67.3 Å². The van der Waals surface area contributed by atoms with Gasteiger partial charge in [0.25, 0.3) is 0 Å². The van der Waals surface area contributed by atoms with E-state index in [2.05, 4.69) is 0 Å². The lowest BCUT2D eigenvalue weighted by atomic mass is 9.78. The third-order valence-corrected chi connectivity index (χ3v) is 9.00. The van der Waals surface area contributed by atoms with Crippen LogP contribution in [0.2, 0.25) is 0 Å². The van der Waals surface area contributed by atoms with Crippen molar-refractivity contribution in [1.82, 2.24) is 0 Å². The van der Waals surface area contributed by atoms with Gasteiger partial charge in [-0.1, -0.05) is 72.8 Å². The van der Waals surface area contributed by atoms with Gasteiger partial charge in [-0.15, -0.1) is 0 Å². The van der Waals surface area contributed by atoms with Gasteiger partial charge in [0.05, 0.1) is 18.1 Å². The molecule has 0 aliphatic carbocycles. The highest BCUT2D eigenvalue weighted by Gasteiger charge is 2.49. The summed E-state index contributed by atoms with van der Waals surface area (Å²) in [6, 6.07) is 29.4. The quantitative estimate of drug-likeness (QED) is 0.154. The number of carbonyl (C=O) groups is 1. The number of carbonyl (C=O) groups excluding carboxylic acids is 1. The smallest absolute Gasteiger partial charge is 0.233 e. The van der Waals surface area contributed by atoms with E-state index >= 15 is 0 Å². The molecule has 0 spiro atoms. The van der Waals surface area contributed by atoms with Crippen LogP contribution in [0.4, 0.5) is 10.1 Å². The van der Waals surface area contributed by atoms with Gasteiger partial charge in [0.2, 0.25) is 5.91 Å². The molecule has 4 aromatic carbocycles. The van der Waals surface area contributed by atoms with Crippen molar-refractivity contribution < 1.29 is 44.6 Å². The van der Waals surface area contributed by atoms with E-state index in [1.807, 2.05) is 60.7 Å². The molecule has 0 saturated carbocycles. The van der Waals surface area contributed by atoms with Crippen LogP contribution in [0.15, 0.2) is 103 Å². The number of hydrogen-bond acceptors (Lipinski definition) is 8. The summed E-state index contributed by atoms with van der Waals surface area (Å²) in [4.78, 5) is 15.2. The van der Waals surface area contributed by atoms with Gasteiger partial charge < -0.3 is 40.3 Å². The summed E-state index contributed by atoms with van der Waals surface area (Å²) in [5, 5.41) is 61.8. The summed E-state index contributed by atoms with van der Waals surface area (Å²) in [5.74, 6) is -0.790. The maximum Gasteiger partial charge on any atom is 0.233 e. The van der Waals surface area contributed by atoms with E-state index < -0.39 is 42.9 Å². The maximum absolute atomic E-state index is 13.4. The van der Waals surface area contributed by atoms with Gasteiger partial charge in [-0.2, -0.15) is 0 Å². The largest absolute Gasteiger partial charge is 0.388 e. The normalized spacial score (nSPS) is 27.6. The molecule has 3 unspecified atom stereocenters. The Kier molecular flexibility index (Phi) is 9.30. The van der Waals surface area contributed by atoms with Crippen molar-refractivity contribution in [2.75, 3.05) is 4.90 Å². The zero-order valence-corrected chi connectivity index (χ0v) is 24.8. The second kappa shape index (κ2) is 13.4. The van der Waals surface area contributed by atoms with Crippen LogP contribution in [0.3, 0.4) is 0 Å². The fourth-order valence-electron chi connectivity index (χ4n) is 6.39. The highest BCUT2D eigenvalue weighted by molar-refractivity contribution is 6.03. The minimum Gasteiger partial charge on any atom is -0.388 e. The molecule has 4 aromatic rings. The number of nitrogens with zero attached hydrogens (tertiary/aromatic N) is 1. The highest BCUT2D eigenvalue weighted by Crippen LogP contribution is 2.46. The SMILES string of the molecule is O=C1[C@H](CC[C@H](O)c2ccc(F)cc2)[C@@H](c2ccc(-c3cccc(C(O)C4OC(O)[C@H](O)[C@@H](O)[C@@H]4O)c3)cc2)N1c1ccccc1. The number of aliphatic hydroxyl groups excluding tert-OH is 6. The van der Waals surface area contributed by atoms with Crippen molar-refractivity contribution in [3.8, 4) is 11.1 Å². The predicted octanol–water partition coefficient (Wildman–Crippen LogP) is 3.54. The van der Waals surface area contributed by atoms with Crippen LogP contribution in [-0.2, 0) is 9.53 Å². The number of amides is 1. The van der Waals surface area contributed by atoms with Crippen molar-refractivity contribution in [2.45, 2.75) is 61.8 Å². The summed E-state index contributed by atoms with van der Waals surface area (Å²) in [6.07, 6.45) is -9.63. The molecular weight excluding hydrogens is 593 g/mol. The lowest BCUT2D eigenvalue weighted by Gasteiger charge is -2.48. The van der Waals surface area contributed by atoms with E-state index in [1.165, 1.54) is 12.1 Å². The number of β-lactam (4-membered cyclic amide) rings is 1. The van der Waals surface area contributed by atoms with Crippen molar-refractivity contribution in [1.29, 1.82) is 0 Å². The molecule has 6 rings (SSSR count). The monoisotopic (exact) mass is 629 g/mol. The highest BCUT2D eigenvalue weighted by atomic mass is 19.1. The van der Waals surface area contributed by atoms with Gasteiger partial charge in [-0.05, 0) is 71.0 Å². The molecule has 2 aliphatic heterocycles. The molecule has 240 valence electrons. The van der Waals surface area contributed by atoms with Gasteiger partial charge in [0.1, 0.15) is 36.3 Å². The first-order valence-electron chi connectivity index (χ1n) is 15.2. The summed E-state index contributed by atoms with van der Waals surface area (Å²) in [5.41, 5.74) is 4.21. The molecule has 0 aromatic heterocycles. The topological polar surface area (TPSA) is 151 Å². The Morgan fingerprint density at radius 2 is 1.43 bits per heavy atom. The lowest BCUT2D eigenvalue weighted by Crippen LogP contribution is -2.58. The molecule has 46 heavy (non-hydrogen) atoms. The second-order valence-electron chi connectivity index (χ2n) is 11.9. The lowest BCUT2D eigenvalue weighted by molar-refractivity contribution is -0.297. The standard InChI is InChI=1S/C36H36FNO8/c37-25-15-13-21(14-16-25)28(39)18-17-27-29(38(35(27)44)26-7-2-1-3-8-26)22-11-9-20(10-12-22)23-5-4-6-24(19-23)30(40)34-32(42)31(41)33(43)36(45)46-34/h1-16,19,27-34,36,39-43,45H,17-18H2/t27-,28+,29-,30?,31+,32+,33-,34?,36?/m1/s1. The van der Waals surface area contributed by atoms with Gasteiger partial charge in [-0.25, -0.2) is 4.39 Å². The molecule has 2 heterocycles. The zero-order valence-electron chi connectivity index (χ0n) is 24.8. The van der Waals surface area contributed by atoms with E-state index in [1.54, 1.807) is 35.2 Å². The summed E-state index contributed by atoms with van der Waals surface area (Å²) in [7, 11) is 0. The van der Waals surface area contributed by atoms with Crippen LogP contribution in [0, 0.1) is 11.7 Å².